The van der Waals surface area contributed by atoms with E-state index in [0.29, 0.717) is 36.4 Å². The van der Waals surface area contributed by atoms with E-state index in [9.17, 15) is 0 Å². The Labute approximate surface area is 190 Å². The third kappa shape index (κ3) is 7.85. The first-order valence-electron chi connectivity index (χ1n) is 10.6. The second kappa shape index (κ2) is 13.3. The van der Waals surface area contributed by atoms with Crippen molar-refractivity contribution in [2.45, 2.75) is 32.9 Å². The minimum atomic E-state index is 0.131. The van der Waals surface area contributed by atoms with E-state index in [1.165, 1.54) is 0 Å². The molecule has 0 saturated carbocycles. The molecule has 2 N–H and O–H groups in total. The normalized spacial score (nSPS) is 11.3. The Morgan fingerprint density at radius 3 is 2.12 bits per heavy atom. The molecule has 0 aliphatic carbocycles. The number of guanidine groups is 1. The Hall–Kier alpha value is -3.13. The highest BCUT2D eigenvalue weighted by atomic mass is 16.5. The van der Waals surface area contributed by atoms with E-state index in [-0.39, 0.29) is 6.10 Å². The standard InChI is InChI=1S/C24H35N3O5/c1-17(2)32-20-10-8-19(9-11-20)27-24(25-12-7-13-28-3)26-16-18-14-21(29-4)23(31-6)22(15-18)30-5/h8-11,14-15,17H,7,12-13,16H2,1-6H3,(H2,25,26,27). The summed E-state index contributed by atoms with van der Waals surface area (Å²) in [6.07, 6.45) is 0.995. The third-order valence-corrected chi connectivity index (χ3v) is 4.45. The van der Waals surface area contributed by atoms with Crippen LogP contribution in [0.15, 0.2) is 41.4 Å². The zero-order valence-electron chi connectivity index (χ0n) is 19.9. The molecule has 0 radical (unpaired) electrons. The minimum Gasteiger partial charge on any atom is -0.493 e. The molecule has 2 rings (SSSR count). The van der Waals surface area contributed by atoms with E-state index in [1.54, 1.807) is 28.4 Å². The number of methoxy groups -OCH3 is 4. The highest BCUT2D eigenvalue weighted by Gasteiger charge is 2.13. The van der Waals surface area contributed by atoms with Gasteiger partial charge in [0.05, 0.1) is 34.0 Å². The molecule has 0 spiro atoms. The van der Waals surface area contributed by atoms with Gasteiger partial charge in [-0.05, 0) is 62.2 Å². The molecular formula is C24H35N3O5. The van der Waals surface area contributed by atoms with Crippen LogP contribution in [0.5, 0.6) is 23.0 Å². The highest BCUT2D eigenvalue weighted by molar-refractivity contribution is 5.93. The molecule has 0 bridgehead atoms. The molecule has 2 aromatic carbocycles. The molecule has 0 unspecified atom stereocenters. The Morgan fingerprint density at radius 1 is 0.938 bits per heavy atom. The number of ether oxygens (including phenoxy) is 5. The number of hydrogen-bond donors (Lipinski definition) is 2. The lowest BCUT2D eigenvalue weighted by Crippen LogP contribution is -2.32. The predicted octanol–water partition coefficient (Wildman–Crippen LogP) is 4.09. The van der Waals surface area contributed by atoms with E-state index in [4.69, 9.17) is 28.7 Å². The summed E-state index contributed by atoms with van der Waals surface area (Å²) in [7, 11) is 6.48. The first kappa shape index (κ1) is 25.1. The topological polar surface area (TPSA) is 82.6 Å². The van der Waals surface area contributed by atoms with Gasteiger partial charge in [0.15, 0.2) is 17.5 Å². The maximum absolute atomic E-state index is 5.71. The SMILES string of the molecule is COCCCNC(=NCc1cc(OC)c(OC)c(OC)c1)Nc1ccc(OC(C)C)cc1. The number of benzene rings is 2. The maximum Gasteiger partial charge on any atom is 0.203 e. The van der Waals surface area contributed by atoms with Gasteiger partial charge in [-0.15, -0.1) is 0 Å². The molecule has 32 heavy (non-hydrogen) atoms. The summed E-state index contributed by atoms with van der Waals surface area (Å²) in [4.78, 5) is 4.73. The first-order chi connectivity index (χ1) is 15.5. The third-order valence-electron chi connectivity index (χ3n) is 4.45. The highest BCUT2D eigenvalue weighted by Crippen LogP contribution is 2.38. The Bertz CT molecular complexity index is 828. The summed E-state index contributed by atoms with van der Waals surface area (Å²) in [5.74, 6) is 3.24. The summed E-state index contributed by atoms with van der Waals surface area (Å²) >= 11 is 0. The molecule has 0 aliphatic rings. The van der Waals surface area contributed by atoms with Crippen LogP contribution in [0.1, 0.15) is 25.8 Å². The lowest BCUT2D eigenvalue weighted by Gasteiger charge is -2.15. The van der Waals surface area contributed by atoms with E-state index in [0.717, 1.165) is 30.0 Å². The van der Waals surface area contributed by atoms with Gasteiger partial charge in [-0.3, -0.25) is 0 Å². The zero-order chi connectivity index (χ0) is 23.3. The van der Waals surface area contributed by atoms with Crippen molar-refractivity contribution in [2.75, 3.05) is 46.9 Å². The van der Waals surface area contributed by atoms with Crippen molar-refractivity contribution in [1.29, 1.82) is 0 Å². The number of rotatable bonds is 12. The van der Waals surface area contributed by atoms with E-state index in [2.05, 4.69) is 10.6 Å². The van der Waals surface area contributed by atoms with Gasteiger partial charge >= 0.3 is 0 Å². The molecule has 8 heteroatoms. The van der Waals surface area contributed by atoms with Crippen molar-refractivity contribution >= 4 is 11.6 Å². The first-order valence-corrected chi connectivity index (χ1v) is 10.6. The molecule has 0 amide bonds. The van der Waals surface area contributed by atoms with Gasteiger partial charge in [-0.2, -0.15) is 0 Å². The fraction of sp³-hybridized carbons (Fsp3) is 0.458. The molecule has 0 fully saturated rings. The molecule has 2 aromatic rings. The van der Waals surface area contributed by atoms with Crippen molar-refractivity contribution < 1.29 is 23.7 Å². The van der Waals surface area contributed by atoms with Crippen LogP contribution in [-0.4, -0.2) is 53.7 Å². The van der Waals surface area contributed by atoms with Gasteiger partial charge in [0.1, 0.15) is 5.75 Å². The fourth-order valence-corrected chi connectivity index (χ4v) is 2.99. The second-order valence-corrected chi connectivity index (χ2v) is 7.29. The van der Waals surface area contributed by atoms with Gasteiger partial charge in [-0.25, -0.2) is 4.99 Å². The van der Waals surface area contributed by atoms with Gasteiger partial charge < -0.3 is 34.3 Å². The smallest absolute Gasteiger partial charge is 0.203 e. The van der Waals surface area contributed by atoms with Crippen molar-refractivity contribution in [3.63, 3.8) is 0 Å². The van der Waals surface area contributed by atoms with Gasteiger partial charge in [-0.1, -0.05) is 0 Å². The Balaban J connectivity index is 2.18. The summed E-state index contributed by atoms with van der Waals surface area (Å²) in [5.41, 5.74) is 1.84. The van der Waals surface area contributed by atoms with Crippen LogP contribution < -0.4 is 29.6 Å². The van der Waals surface area contributed by atoms with Crippen molar-refractivity contribution in [2.24, 2.45) is 4.99 Å². The molecule has 176 valence electrons. The summed E-state index contributed by atoms with van der Waals surface area (Å²) < 4.78 is 27.1. The molecule has 0 saturated heterocycles. The van der Waals surface area contributed by atoms with Crippen LogP contribution in [0.25, 0.3) is 0 Å². The number of aliphatic imine (C=N–C) groups is 1. The van der Waals surface area contributed by atoms with Crippen LogP contribution in [0.4, 0.5) is 5.69 Å². The summed E-state index contributed by atoms with van der Waals surface area (Å²) in [6.45, 7) is 5.83. The average Bonchev–Trinajstić information content (AvgIpc) is 2.80. The predicted molar refractivity (Wildman–Crippen MR) is 128 cm³/mol. The Kier molecular flexibility index (Phi) is 10.5. The van der Waals surface area contributed by atoms with Crippen LogP contribution in [0, 0.1) is 0 Å². The zero-order valence-corrected chi connectivity index (χ0v) is 19.9. The van der Waals surface area contributed by atoms with Gasteiger partial charge in [0, 0.05) is 25.9 Å². The van der Waals surface area contributed by atoms with Crippen LogP contribution in [-0.2, 0) is 11.3 Å². The average molecular weight is 446 g/mol. The van der Waals surface area contributed by atoms with Crippen molar-refractivity contribution in [1.82, 2.24) is 5.32 Å². The monoisotopic (exact) mass is 445 g/mol. The number of nitrogens with one attached hydrogen (secondary N) is 2. The molecule has 0 aliphatic heterocycles. The molecule has 0 atom stereocenters. The second-order valence-electron chi connectivity index (χ2n) is 7.29. The lowest BCUT2D eigenvalue weighted by molar-refractivity contribution is 0.195. The fourth-order valence-electron chi connectivity index (χ4n) is 2.99. The number of anilines is 1. The van der Waals surface area contributed by atoms with Crippen LogP contribution in [0.2, 0.25) is 0 Å². The van der Waals surface area contributed by atoms with E-state index >= 15 is 0 Å². The Morgan fingerprint density at radius 2 is 1.59 bits per heavy atom. The minimum absolute atomic E-state index is 0.131. The summed E-state index contributed by atoms with van der Waals surface area (Å²) in [6, 6.07) is 11.6. The maximum atomic E-state index is 5.71. The quantitative estimate of drug-likeness (QED) is 0.289. The molecule has 8 nitrogen and oxygen atoms in total. The van der Waals surface area contributed by atoms with Crippen LogP contribution >= 0.6 is 0 Å². The lowest BCUT2D eigenvalue weighted by atomic mass is 10.2. The van der Waals surface area contributed by atoms with Gasteiger partial charge in [0.25, 0.3) is 0 Å². The van der Waals surface area contributed by atoms with Crippen molar-refractivity contribution in [3.05, 3.63) is 42.0 Å². The van der Waals surface area contributed by atoms with Crippen LogP contribution in [0.3, 0.4) is 0 Å². The molecule has 0 aromatic heterocycles. The summed E-state index contributed by atoms with van der Waals surface area (Å²) in [5, 5.41) is 6.68. The largest absolute Gasteiger partial charge is 0.493 e. The molecular weight excluding hydrogens is 410 g/mol. The molecule has 0 heterocycles. The van der Waals surface area contributed by atoms with Crippen molar-refractivity contribution in [3.8, 4) is 23.0 Å². The number of hydrogen-bond acceptors (Lipinski definition) is 6. The van der Waals surface area contributed by atoms with Gasteiger partial charge in [0.2, 0.25) is 5.75 Å². The van der Waals surface area contributed by atoms with E-state index in [1.807, 2.05) is 50.2 Å². The van der Waals surface area contributed by atoms with E-state index < -0.39 is 0 Å². The number of nitrogens with zero attached hydrogens (tertiary/aromatic N) is 1.